The van der Waals surface area contributed by atoms with Gasteiger partial charge in [0, 0.05) is 19.6 Å². The molecule has 2 rings (SSSR count). The van der Waals surface area contributed by atoms with Crippen molar-refractivity contribution in [1.82, 2.24) is 10.2 Å². The smallest absolute Gasteiger partial charge is 0.317 e. The maximum Gasteiger partial charge on any atom is 0.317 e. The van der Waals surface area contributed by atoms with E-state index in [-0.39, 0.29) is 6.03 Å². The summed E-state index contributed by atoms with van der Waals surface area (Å²) < 4.78 is 0. The van der Waals surface area contributed by atoms with Crippen LogP contribution >= 0.6 is 0 Å². The van der Waals surface area contributed by atoms with E-state index in [1.54, 1.807) is 0 Å². The van der Waals surface area contributed by atoms with Crippen LogP contribution in [0.2, 0.25) is 0 Å². The van der Waals surface area contributed by atoms with Crippen LogP contribution in [0.15, 0.2) is 0 Å². The lowest BCUT2D eigenvalue weighted by atomic mass is 10.1. The monoisotopic (exact) mass is 182 g/mol. The van der Waals surface area contributed by atoms with Crippen molar-refractivity contribution in [2.24, 2.45) is 5.41 Å². The third kappa shape index (κ3) is 1.79. The van der Waals surface area contributed by atoms with E-state index in [1.165, 1.54) is 19.3 Å². The van der Waals surface area contributed by atoms with Gasteiger partial charge >= 0.3 is 6.03 Å². The standard InChI is InChI=1S/C10H18N2O/c1-2-6-11-9(13)12-7-5-10(8-12)3-4-10/h2-8H2,1H3,(H,11,13). The molecule has 0 bridgehead atoms. The summed E-state index contributed by atoms with van der Waals surface area (Å²) in [7, 11) is 0. The predicted molar refractivity (Wildman–Crippen MR) is 51.5 cm³/mol. The van der Waals surface area contributed by atoms with Crippen molar-refractivity contribution < 1.29 is 4.79 Å². The molecule has 3 heteroatoms. The van der Waals surface area contributed by atoms with Crippen LogP contribution in [0.3, 0.4) is 0 Å². The zero-order valence-electron chi connectivity index (χ0n) is 8.31. The number of hydrogen-bond donors (Lipinski definition) is 1. The summed E-state index contributed by atoms with van der Waals surface area (Å²) >= 11 is 0. The van der Waals surface area contributed by atoms with E-state index in [2.05, 4.69) is 12.2 Å². The first-order chi connectivity index (χ1) is 6.26. The van der Waals surface area contributed by atoms with Crippen molar-refractivity contribution in [1.29, 1.82) is 0 Å². The van der Waals surface area contributed by atoms with Gasteiger partial charge in [0.1, 0.15) is 0 Å². The zero-order chi connectivity index (χ0) is 9.31. The molecule has 0 atom stereocenters. The van der Waals surface area contributed by atoms with Crippen LogP contribution in [0.5, 0.6) is 0 Å². The van der Waals surface area contributed by atoms with Gasteiger partial charge in [0.05, 0.1) is 0 Å². The molecule has 1 aliphatic carbocycles. The molecule has 0 aromatic rings. The third-order valence-electron chi connectivity index (χ3n) is 3.21. The Kier molecular flexibility index (Phi) is 2.18. The molecule has 0 unspecified atom stereocenters. The molecule has 1 spiro atoms. The molecule has 1 N–H and O–H groups in total. The third-order valence-corrected chi connectivity index (χ3v) is 3.21. The maximum atomic E-state index is 11.5. The number of rotatable bonds is 2. The summed E-state index contributed by atoms with van der Waals surface area (Å²) in [5.74, 6) is 0. The second kappa shape index (κ2) is 3.20. The van der Waals surface area contributed by atoms with E-state index in [9.17, 15) is 4.79 Å². The van der Waals surface area contributed by atoms with Crippen LogP contribution in [0, 0.1) is 5.41 Å². The highest BCUT2D eigenvalue weighted by Gasteiger charge is 2.48. The Morgan fingerprint density at radius 3 is 2.77 bits per heavy atom. The molecule has 2 fully saturated rings. The van der Waals surface area contributed by atoms with E-state index < -0.39 is 0 Å². The van der Waals surface area contributed by atoms with Crippen molar-refractivity contribution in [2.45, 2.75) is 32.6 Å². The second-order valence-corrected chi connectivity index (χ2v) is 4.40. The van der Waals surface area contributed by atoms with E-state index in [0.29, 0.717) is 5.41 Å². The van der Waals surface area contributed by atoms with Gasteiger partial charge in [-0.05, 0) is 31.1 Å². The van der Waals surface area contributed by atoms with Gasteiger partial charge in [-0.1, -0.05) is 6.92 Å². The number of carbonyl (C=O) groups excluding carboxylic acids is 1. The summed E-state index contributed by atoms with van der Waals surface area (Å²) in [5.41, 5.74) is 0.559. The number of carbonyl (C=O) groups is 1. The predicted octanol–water partition coefficient (Wildman–Crippen LogP) is 1.59. The Morgan fingerprint density at radius 1 is 1.46 bits per heavy atom. The molecule has 13 heavy (non-hydrogen) atoms. The van der Waals surface area contributed by atoms with Gasteiger partial charge < -0.3 is 10.2 Å². The van der Waals surface area contributed by atoms with Crippen molar-refractivity contribution in [3.8, 4) is 0 Å². The van der Waals surface area contributed by atoms with Gasteiger partial charge in [0.25, 0.3) is 0 Å². The van der Waals surface area contributed by atoms with Crippen LogP contribution in [0.4, 0.5) is 4.79 Å². The molecule has 0 radical (unpaired) electrons. The molecule has 74 valence electrons. The minimum absolute atomic E-state index is 0.144. The molecule has 2 amide bonds. The number of nitrogens with one attached hydrogen (secondary N) is 1. The normalized spacial score (nSPS) is 23.6. The van der Waals surface area contributed by atoms with Gasteiger partial charge in [0.15, 0.2) is 0 Å². The highest BCUT2D eigenvalue weighted by Crippen LogP contribution is 2.52. The molecule has 2 aliphatic rings. The largest absolute Gasteiger partial charge is 0.338 e. The average molecular weight is 182 g/mol. The van der Waals surface area contributed by atoms with Crippen molar-refractivity contribution in [3.05, 3.63) is 0 Å². The zero-order valence-corrected chi connectivity index (χ0v) is 8.31. The topological polar surface area (TPSA) is 32.3 Å². The molecule has 1 saturated heterocycles. The van der Waals surface area contributed by atoms with E-state index >= 15 is 0 Å². The van der Waals surface area contributed by atoms with Crippen LogP contribution in [0.1, 0.15) is 32.6 Å². The summed E-state index contributed by atoms with van der Waals surface area (Å²) in [5, 5.41) is 2.93. The fourth-order valence-corrected chi connectivity index (χ4v) is 2.04. The van der Waals surface area contributed by atoms with Gasteiger partial charge in [-0.15, -0.1) is 0 Å². The van der Waals surface area contributed by atoms with Crippen molar-refractivity contribution >= 4 is 6.03 Å². The van der Waals surface area contributed by atoms with Gasteiger partial charge in [0.2, 0.25) is 0 Å². The van der Waals surface area contributed by atoms with Crippen LogP contribution < -0.4 is 5.32 Å². The molecule has 1 saturated carbocycles. The molecule has 0 aromatic heterocycles. The number of urea groups is 1. The average Bonchev–Trinajstić information content (AvgIpc) is 2.73. The lowest BCUT2D eigenvalue weighted by molar-refractivity contribution is 0.206. The number of hydrogen-bond acceptors (Lipinski definition) is 1. The fourth-order valence-electron chi connectivity index (χ4n) is 2.04. The molecule has 1 aliphatic heterocycles. The van der Waals surface area contributed by atoms with Crippen LogP contribution in [0.25, 0.3) is 0 Å². The summed E-state index contributed by atoms with van der Waals surface area (Å²) in [6.45, 7) is 4.85. The van der Waals surface area contributed by atoms with Crippen LogP contribution in [-0.4, -0.2) is 30.6 Å². The van der Waals surface area contributed by atoms with Gasteiger partial charge in [-0.3, -0.25) is 0 Å². The first-order valence-corrected chi connectivity index (χ1v) is 5.29. The van der Waals surface area contributed by atoms with E-state index in [1.807, 2.05) is 4.90 Å². The highest BCUT2D eigenvalue weighted by atomic mass is 16.2. The molecule has 0 aromatic carbocycles. The first-order valence-electron chi connectivity index (χ1n) is 5.29. The quantitative estimate of drug-likeness (QED) is 0.691. The Labute approximate surface area is 79.5 Å². The number of nitrogens with zero attached hydrogens (tertiary/aromatic N) is 1. The van der Waals surface area contributed by atoms with Gasteiger partial charge in [-0.25, -0.2) is 4.79 Å². The van der Waals surface area contributed by atoms with E-state index in [0.717, 1.165) is 26.1 Å². The number of amides is 2. The van der Waals surface area contributed by atoms with Gasteiger partial charge in [-0.2, -0.15) is 0 Å². The fraction of sp³-hybridized carbons (Fsp3) is 0.900. The Bertz CT molecular complexity index is 211. The molecular formula is C10H18N2O. The molecule has 1 heterocycles. The Balaban J connectivity index is 1.78. The lowest BCUT2D eigenvalue weighted by Crippen LogP contribution is -2.38. The minimum atomic E-state index is 0.144. The highest BCUT2D eigenvalue weighted by molar-refractivity contribution is 5.74. The molecule has 3 nitrogen and oxygen atoms in total. The summed E-state index contributed by atoms with van der Waals surface area (Å²) in [6, 6.07) is 0.144. The van der Waals surface area contributed by atoms with Crippen molar-refractivity contribution in [2.75, 3.05) is 19.6 Å². The Hall–Kier alpha value is -0.730. The second-order valence-electron chi connectivity index (χ2n) is 4.40. The van der Waals surface area contributed by atoms with Crippen molar-refractivity contribution in [3.63, 3.8) is 0 Å². The summed E-state index contributed by atoms with van der Waals surface area (Å²) in [6.07, 6.45) is 4.92. The lowest BCUT2D eigenvalue weighted by Gasteiger charge is -2.16. The molecular weight excluding hydrogens is 164 g/mol. The summed E-state index contributed by atoms with van der Waals surface area (Å²) in [4.78, 5) is 13.5. The number of likely N-dealkylation sites (tertiary alicyclic amines) is 1. The maximum absolute atomic E-state index is 11.5. The SMILES string of the molecule is CCCNC(=O)N1CCC2(CC2)C1. The Morgan fingerprint density at radius 2 is 2.23 bits per heavy atom. The first kappa shape index (κ1) is 8.85. The minimum Gasteiger partial charge on any atom is -0.338 e. The van der Waals surface area contributed by atoms with Crippen LogP contribution in [-0.2, 0) is 0 Å². The van der Waals surface area contributed by atoms with E-state index in [4.69, 9.17) is 0 Å².